The molecule has 4 aromatic carbocycles. The molecule has 0 radical (unpaired) electrons. The smallest absolute Gasteiger partial charge is 0.245 e. The predicted molar refractivity (Wildman–Crippen MR) is 157 cm³/mol. The van der Waals surface area contributed by atoms with E-state index in [1.807, 2.05) is 13.8 Å². The molecule has 0 bridgehead atoms. The molecule has 5 N–H and O–H groups in total. The number of nitrogens with one attached hydrogen (secondary N) is 1. The Morgan fingerprint density at radius 1 is 0.725 bits per heavy atom. The maximum Gasteiger partial charge on any atom is 0.245 e. The van der Waals surface area contributed by atoms with Crippen molar-refractivity contribution in [1.29, 1.82) is 0 Å². The van der Waals surface area contributed by atoms with Crippen molar-refractivity contribution in [2.45, 2.75) is 35.3 Å². The van der Waals surface area contributed by atoms with E-state index in [1.165, 1.54) is 24.3 Å². The molecule has 210 valence electrons. The van der Waals surface area contributed by atoms with E-state index in [9.17, 15) is 16.8 Å². The fourth-order valence-corrected chi connectivity index (χ4v) is 7.56. The van der Waals surface area contributed by atoms with Crippen LogP contribution in [0.2, 0.25) is 0 Å². The van der Waals surface area contributed by atoms with Gasteiger partial charge in [-0.2, -0.15) is 9.03 Å². The molecule has 0 fully saturated rings. The van der Waals surface area contributed by atoms with Gasteiger partial charge >= 0.3 is 0 Å². The van der Waals surface area contributed by atoms with Crippen LogP contribution >= 0.6 is 0 Å². The zero-order valence-corrected chi connectivity index (χ0v) is 24.1. The van der Waals surface area contributed by atoms with Crippen LogP contribution in [0.1, 0.15) is 28.3 Å². The number of hydrogen-bond donors (Lipinski definition) is 3. The molecule has 0 aliphatic heterocycles. The normalized spacial score (nSPS) is 14.5. The highest BCUT2D eigenvalue weighted by Crippen LogP contribution is 2.40. The summed E-state index contributed by atoms with van der Waals surface area (Å²) in [7, 11) is -8.43. The van der Waals surface area contributed by atoms with Gasteiger partial charge in [0.15, 0.2) is 0 Å². The second-order valence-electron chi connectivity index (χ2n) is 9.65. The first-order valence-electron chi connectivity index (χ1n) is 12.8. The molecule has 40 heavy (non-hydrogen) atoms. The minimum absolute atomic E-state index is 0.0190. The molecular formula is C30H34N4O4S2. The van der Waals surface area contributed by atoms with E-state index >= 15 is 0 Å². The van der Waals surface area contributed by atoms with Crippen molar-refractivity contribution in [1.82, 2.24) is 9.03 Å². The topological polar surface area (TPSA) is 136 Å². The Labute approximate surface area is 236 Å². The lowest BCUT2D eigenvalue weighted by molar-refractivity contribution is 0.147. The van der Waals surface area contributed by atoms with Gasteiger partial charge in [-0.05, 0) is 49.2 Å². The fraction of sp³-hybridized carbons (Fsp3) is 0.200. The summed E-state index contributed by atoms with van der Waals surface area (Å²) in [5, 5.41) is 0. The Morgan fingerprint density at radius 2 is 1.20 bits per heavy atom. The molecule has 0 aliphatic carbocycles. The van der Waals surface area contributed by atoms with Gasteiger partial charge in [-0.15, -0.1) is 0 Å². The summed E-state index contributed by atoms with van der Waals surface area (Å²) in [6, 6.07) is 28.9. The van der Waals surface area contributed by atoms with E-state index in [0.29, 0.717) is 11.1 Å². The number of benzene rings is 4. The van der Waals surface area contributed by atoms with Crippen LogP contribution < -0.4 is 16.2 Å². The molecule has 8 nitrogen and oxygen atoms in total. The van der Waals surface area contributed by atoms with Gasteiger partial charge in [-0.25, -0.2) is 16.8 Å². The average molecular weight is 579 g/mol. The quantitative estimate of drug-likeness (QED) is 0.232. The lowest BCUT2D eigenvalue weighted by atomic mass is 9.87. The highest BCUT2D eigenvalue weighted by Gasteiger charge is 2.50. The first-order chi connectivity index (χ1) is 19.0. The van der Waals surface area contributed by atoms with Crippen LogP contribution in [0.4, 0.5) is 0 Å². The maximum atomic E-state index is 14.3. The third-order valence-corrected chi connectivity index (χ3v) is 10.1. The third-order valence-electron chi connectivity index (χ3n) is 6.77. The summed E-state index contributed by atoms with van der Waals surface area (Å²) in [6.07, 6.45) is 0. The zero-order chi connectivity index (χ0) is 29.0. The van der Waals surface area contributed by atoms with Gasteiger partial charge < -0.3 is 11.5 Å². The average Bonchev–Trinajstić information content (AvgIpc) is 2.95. The van der Waals surface area contributed by atoms with Crippen LogP contribution in [-0.2, 0) is 25.7 Å². The van der Waals surface area contributed by atoms with E-state index in [1.54, 1.807) is 84.9 Å². The number of aryl methyl sites for hydroxylation is 2. The maximum absolute atomic E-state index is 14.3. The molecule has 4 aromatic rings. The highest BCUT2D eigenvalue weighted by atomic mass is 32.2. The van der Waals surface area contributed by atoms with Crippen LogP contribution in [0.3, 0.4) is 0 Å². The van der Waals surface area contributed by atoms with Gasteiger partial charge in [-0.1, -0.05) is 96.1 Å². The standard InChI is InChI=1S/C30H34N4O4S2/c1-23-13-17-27(18-14-23)39(35,36)33-29(25-9-5-3-6-10-25)30(32,26-11-7-4-8-12-26)34(22-21-31)40(37,38)28-19-15-24(2)16-20-28/h3-20,29,33H,21-22,31-32H2,1-2H3. The largest absolute Gasteiger partial charge is 0.329 e. The number of sulfonamides is 2. The van der Waals surface area contributed by atoms with Crippen molar-refractivity contribution < 1.29 is 16.8 Å². The molecule has 2 unspecified atom stereocenters. The number of nitrogens with two attached hydrogens (primary N) is 2. The second-order valence-corrected chi connectivity index (χ2v) is 13.2. The molecule has 0 aromatic heterocycles. The van der Waals surface area contributed by atoms with Gasteiger partial charge in [0.1, 0.15) is 5.66 Å². The summed E-state index contributed by atoms with van der Waals surface area (Å²) in [4.78, 5) is 0.0479. The van der Waals surface area contributed by atoms with E-state index in [4.69, 9.17) is 11.5 Å². The Kier molecular flexibility index (Phi) is 8.89. The minimum Gasteiger partial charge on any atom is -0.329 e. The summed E-state index contributed by atoms with van der Waals surface area (Å²) >= 11 is 0. The Hall–Kier alpha value is -3.38. The van der Waals surface area contributed by atoms with Crippen molar-refractivity contribution in [2.75, 3.05) is 13.1 Å². The zero-order valence-electron chi connectivity index (χ0n) is 22.4. The molecule has 0 heterocycles. The van der Waals surface area contributed by atoms with Crippen molar-refractivity contribution in [3.05, 3.63) is 131 Å². The lowest BCUT2D eigenvalue weighted by Gasteiger charge is -2.45. The summed E-state index contributed by atoms with van der Waals surface area (Å²) in [6.45, 7) is 3.49. The molecule has 10 heteroatoms. The lowest BCUT2D eigenvalue weighted by Crippen LogP contribution is -2.63. The number of rotatable bonds is 11. The van der Waals surface area contributed by atoms with Crippen molar-refractivity contribution >= 4 is 20.0 Å². The Balaban J connectivity index is 1.99. The monoisotopic (exact) mass is 578 g/mol. The molecule has 0 aliphatic rings. The Morgan fingerprint density at radius 3 is 1.70 bits per heavy atom. The van der Waals surface area contributed by atoms with Gasteiger partial charge in [0.05, 0.1) is 15.8 Å². The molecular weight excluding hydrogens is 544 g/mol. The van der Waals surface area contributed by atoms with Gasteiger partial charge in [0, 0.05) is 13.1 Å². The number of hydrogen-bond acceptors (Lipinski definition) is 6. The first-order valence-corrected chi connectivity index (χ1v) is 15.7. The summed E-state index contributed by atoms with van der Waals surface area (Å²) < 4.78 is 60.0. The highest BCUT2D eigenvalue weighted by molar-refractivity contribution is 7.89. The van der Waals surface area contributed by atoms with Crippen molar-refractivity contribution in [2.24, 2.45) is 11.5 Å². The summed E-state index contributed by atoms with van der Waals surface area (Å²) in [5.74, 6) is 0. The minimum atomic E-state index is -4.27. The van der Waals surface area contributed by atoms with Crippen LogP contribution in [0.15, 0.2) is 119 Å². The Bertz CT molecular complexity index is 1630. The van der Waals surface area contributed by atoms with E-state index in [2.05, 4.69) is 4.72 Å². The first kappa shape index (κ1) is 29.6. The van der Waals surface area contributed by atoms with Crippen LogP contribution in [0.5, 0.6) is 0 Å². The predicted octanol–water partition coefficient (Wildman–Crippen LogP) is 3.78. The van der Waals surface area contributed by atoms with E-state index < -0.39 is 31.8 Å². The van der Waals surface area contributed by atoms with Gasteiger partial charge in [0.2, 0.25) is 20.0 Å². The van der Waals surface area contributed by atoms with E-state index in [0.717, 1.165) is 15.4 Å². The summed E-state index contributed by atoms with van der Waals surface area (Å²) in [5.41, 5.74) is 14.0. The molecule has 2 atom stereocenters. The molecule has 0 amide bonds. The van der Waals surface area contributed by atoms with Crippen LogP contribution in [0, 0.1) is 13.8 Å². The molecule has 4 rings (SSSR count). The third kappa shape index (κ3) is 6.02. The molecule has 0 saturated heterocycles. The van der Waals surface area contributed by atoms with Gasteiger partial charge in [0.25, 0.3) is 0 Å². The van der Waals surface area contributed by atoms with E-state index in [-0.39, 0.29) is 22.9 Å². The van der Waals surface area contributed by atoms with Gasteiger partial charge in [-0.3, -0.25) is 0 Å². The molecule has 0 spiro atoms. The second kappa shape index (κ2) is 12.0. The van der Waals surface area contributed by atoms with Crippen molar-refractivity contribution in [3.63, 3.8) is 0 Å². The fourth-order valence-electron chi connectivity index (χ4n) is 4.62. The van der Waals surface area contributed by atoms with Crippen LogP contribution in [-0.4, -0.2) is 34.2 Å². The number of nitrogens with zero attached hydrogens (tertiary/aromatic N) is 1. The van der Waals surface area contributed by atoms with Crippen molar-refractivity contribution in [3.8, 4) is 0 Å². The van der Waals surface area contributed by atoms with Crippen LogP contribution in [0.25, 0.3) is 0 Å². The SMILES string of the molecule is Cc1ccc(S(=O)(=O)NC(c2ccccc2)C(N)(c2ccccc2)N(CCN)S(=O)(=O)c2ccc(C)cc2)cc1. The molecule has 0 saturated carbocycles.